The van der Waals surface area contributed by atoms with Gasteiger partial charge < -0.3 is 15.0 Å². The molecule has 128 valence electrons. The van der Waals surface area contributed by atoms with E-state index in [4.69, 9.17) is 4.74 Å². The summed E-state index contributed by atoms with van der Waals surface area (Å²) in [5.74, 6) is -0.400. The van der Waals surface area contributed by atoms with E-state index < -0.39 is 0 Å². The summed E-state index contributed by atoms with van der Waals surface area (Å²) in [6.45, 7) is 0.549. The molecule has 1 amide bonds. The first kappa shape index (κ1) is 17.7. The molecule has 5 heteroatoms. The lowest BCUT2D eigenvalue weighted by atomic mass is 9.94. The van der Waals surface area contributed by atoms with E-state index in [0.29, 0.717) is 36.9 Å². The van der Waals surface area contributed by atoms with Gasteiger partial charge in [-0.1, -0.05) is 19.3 Å². The Morgan fingerprint density at radius 2 is 2.09 bits per heavy atom. The molecule has 0 aromatic heterocycles. The van der Waals surface area contributed by atoms with E-state index in [-0.39, 0.29) is 11.7 Å². The molecule has 0 bridgehead atoms. The predicted molar refractivity (Wildman–Crippen MR) is 91.4 cm³/mol. The summed E-state index contributed by atoms with van der Waals surface area (Å²) in [6, 6.07) is 5.34. The van der Waals surface area contributed by atoms with Crippen molar-refractivity contribution in [2.75, 3.05) is 31.0 Å². The maximum atomic E-state index is 14.4. The number of hydrogen-bond acceptors (Lipinski definition) is 3. The maximum absolute atomic E-state index is 14.4. The molecule has 0 atom stereocenters. The molecule has 1 N–H and O–H groups in total. The van der Waals surface area contributed by atoms with Crippen LogP contribution >= 0.6 is 0 Å². The first-order chi connectivity index (χ1) is 11.1. The van der Waals surface area contributed by atoms with Crippen LogP contribution in [0, 0.1) is 5.82 Å². The minimum atomic E-state index is -0.284. The number of halogens is 1. The van der Waals surface area contributed by atoms with Gasteiger partial charge in [-0.15, -0.1) is 0 Å². The summed E-state index contributed by atoms with van der Waals surface area (Å²) in [5, 5.41) is 2.73. The average Bonchev–Trinajstić information content (AvgIpc) is 2.55. The van der Waals surface area contributed by atoms with Crippen LogP contribution in [0.15, 0.2) is 18.2 Å². The van der Waals surface area contributed by atoms with Crippen LogP contribution in [0.25, 0.3) is 0 Å². The molecular weight excluding hydrogens is 295 g/mol. The lowest BCUT2D eigenvalue weighted by Gasteiger charge is -2.33. The Balaban J connectivity index is 1.95. The molecule has 23 heavy (non-hydrogen) atoms. The van der Waals surface area contributed by atoms with Crippen LogP contribution in [0.3, 0.4) is 0 Å². The van der Waals surface area contributed by atoms with Crippen molar-refractivity contribution in [3.8, 4) is 0 Å². The predicted octanol–water partition coefficient (Wildman–Crippen LogP) is 3.96. The monoisotopic (exact) mass is 322 g/mol. The Labute approximate surface area is 138 Å². The summed E-state index contributed by atoms with van der Waals surface area (Å²) >= 11 is 0. The molecule has 1 fully saturated rings. The van der Waals surface area contributed by atoms with E-state index in [0.717, 1.165) is 12.8 Å². The van der Waals surface area contributed by atoms with Gasteiger partial charge in [0.15, 0.2) is 0 Å². The highest BCUT2D eigenvalue weighted by Gasteiger charge is 2.20. The smallest absolute Gasteiger partial charge is 0.224 e. The number of hydrogen-bond donors (Lipinski definition) is 1. The zero-order valence-corrected chi connectivity index (χ0v) is 14.1. The SMILES string of the molecule is COCCCC(=O)Nc1ccc(N(C)C2CCCCC2)c(F)c1. The van der Waals surface area contributed by atoms with Gasteiger partial charge in [0.25, 0.3) is 0 Å². The number of benzene rings is 1. The minimum absolute atomic E-state index is 0.116. The highest BCUT2D eigenvalue weighted by Crippen LogP contribution is 2.29. The minimum Gasteiger partial charge on any atom is -0.385 e. The second kappa shape index (κ2) is 8.87. The highest BCUT2D eigenvalue weighted by atomic mass is 19.1. The Bertz CT molecular complexity index is 516. The second-order valence-corrected chi connectivity index (χ2v) is 6.21. The lowest BCUT2D eigenvalue weighted by molar-refractivity contribution is -0.116. The van der Waals surface area contributed by atoms with Gasteiger partial charge in [0, 0.05) is 38.9 Å². The van der Waals surface area contributed by atoms with E-state index >= 15 is 0 Å². The Hall–Kier alpha value is -1.62. The number of anilines is 2. The van der Waals surface area contributed by atoms with E-state index in [1.807, 2.05) is 11.9 Å². The van der Waals surface area contributed by atoms with Crippen molar-refractivity contribution in [1.29, 1.82) is 0 Å². The van der Waals surface area contributed by atoms with Gasteiger partial charge in [-0.25, -0.2) is 4.39 Å². The van der Waals surface area contributed by atoms with E-state index in [2.05, 4.69) is 5.32 Å². The van der Waals surface area contributed by atoms with Crippen molar-refractivity contribution >= 4 is 17.3 Å². The van der Waals surface area contributed by atoms with E-state index in [9.17, 15) is 9.18 Å². The molecular formula is C18H27FN2O2. The lowest BCUT2D eigenvalue weighted by Crippen LogP contribution is -2.33. The number of carbonyl (C=O) groups excluding carboxylic acids is 1. The average molecular weight is 322 g/mol. The molecule has 1 saturated carbocycles. The number of carbonyl (C=O) groups is 1. The van der Waals surface area contributed by atoms with Gasteiger partial charge in [-0.3, -0.25) is 4.79 Å². The summed E-state index contributed by atoms with van der Waals surface area (Å²) in [7, 11) is 3.56. The van der Waals surface area contributed by atoms with Gasteiger partial charge >= 0.3 is 0 Å². The highest BCUT2D eigenvalue weighted by molar-refractivity contribution is 5.90. The van der Waals surface area contributed by atoms with Gasteiger partial charge in [-0.05, 0) is 37.5 Å². The number of ether oxygens (including phenoxy) is 1. The van der Waals surface area contributed by atoms with Crippen molar-refractivity contribution in [3.63, 3.8) is 0 Å². The number of methoxy groups -OCH3 is 1. The van der Waals surface area contributed by atoms with Crippen LogP contribution in [0.4, 0.5) is 15.8 Å². The van der Waals surface area contributed by atoms with Gasteiger partial charge in [0.2, 0.25) is 5.91 Å². The van der Waals surface area contributed by atoms with Gasteiger partial charge in [-0.2, -0.15) is 0 Å². The fourth-order valence-corrected chi connectivity index (χ4v) is 3.14. The summed E-state index contributed by atoms with van der Waals surface area (Å²) in [6.07, 6.45) is 6.98. The van der Waals surface area contributed by atoms with E-state index in [1.165, 1.54) is 25.3 Å². The Kier molecular flexibility index (Phi) is 6.84. The molecule has 4 nitrogen and oxygen atoms in total. The standard InChI is InChI=1S/C18H27FN2O2/c1-21(15-7-4-3-5-8-15)17-11-10-14(13-16(17)19)20-18(22)9-6-12-23-2/h10-11,13,15H,3-9,12H2,1-2H3,(H,20,22). The van der Waals surface area contributed by atoms with Gasteiger partial charge in [0.05, 0.1) is 5.69 Å². The van der Waals surface area contributed by atoms with Crippen LogP contribution in [0.5, 0.6) is 0 Å². The number of amides is 1. The number of nitrogens with one attached hydrogen (secondary N) is 1. The largest absolute Gasteiger partial charge is 0.385 e. The Morgan fingerprint density at radius 1 is 1.35 bits per heavy atom. The van der Waals surface area contributed by atoms with Crippen molar-refractivity contribution in [3.05, 3.63) is 24.0 Å². The first-order valence-electron chi connectivity index (χ1n) is 8.43. The summed E-state index contributed by atoms with van der Waals surface area (Å²) < 4.78 is 19.3. The molecule has 0 spiro atoms. The van der Waals surface area contributed by atoms with Crippen LogP contribution in [-0.4, -0.2) is 32.7 Å². The molecule has 0 unspecified atom stereocenters. The number of nitrogens with zero attached hydrogens (tertiary/aromatic N) is 1. The van der Waals surface area contributed by atoms with Crippen LogP contribution in [0.1, 0.15) is 44.9 Å². The molecule has 0 saturated heterocycles. The summed E-state index contributed by atoms with van der Waals surface area (Å²) in [4.78, 5) is 13.8. The quantitative estimate of drug-likeness (QED) is 0.773. The number of rotatable bonds is 7. The third-order valence-corrected chi connectivity index (χ3v) is 4.49. The molecule has 1 aliphatic rings. The molecule has 1 aliphatic carbocycles. The Morgan fingerprint density at radius 3 is 2.74 bits per heavy atom. The molecule has 1 aromatic carbocycles. The molecule has 1 aromatic rings. The van der Waals surface area contributed by atoms with Crippen molar-refractivity contribution < 1.29 is 13.9 Å². The third kappa shape index (κ3) is 5.20. The van der Waals surface area contributed by atoms with Crippen molar-refractivity contribution in [2.24, 2.45) is 0 Å². The van der Waals surface area contributed by atoms with Crippen molar-refractivity contribution in [2.45, 2.75) is 51.0 Å². The fourth-order valence-electron chi connectivity index (χ4n) is 3.14. The summed E-state index contributed by atoms with van der Waals surface area (Å²) in [5.41, 5.74) is 1.11. The molecule has 2 rings (SSSR count). The third-order valence-electron chi connectivity index (χ3n) is 4.49. The maximum Gasteiger partial charge on any atom is 0.224 e. The van der Waals surface area contributed by atoms with E-state index in [1.54, 1.807) is 19.2 Å². The fraction of sp³-hybridized carbons (Fsp3) is 0.611. The van der Waals surface area contributed by atoms with Crippen LogP contribution in [-0.2, 0) is 9.53 Å². The zero-order chi connectivity index (χ0) is 16.7. The topological polar surface area (TPSA) is 41.6 Å². The van der Waals surface area contributed by atoms with Gasteiger partial charge in [0.1, 0.15) is 5.82 Å². The van der Waals surface area contributed by atoms with Crippen LogP contribution < -0.4 is 10.2 Å². The normalized spacial score (nSPS) is 15.4. The molecule has 0 aliphatic heterocycles. The second-order valence-electron chi connectivity index (χ2n) is 6.21. The van der Waals surface area contributed by atoms with Crippen LogP contribution in [0.2, 0.25) is 0 Å². The molecule has 0 radical (unpaired) electrons. The first-order valence-corrected chi connectivity index (χ1v) is 8.43. The molecule has 0 heterocycles. The zero-order valence-electron chi connectivity index (χ0n) is 14.1. The van der Waals surface area contributed by atoms with Crippen molar-refractivity contribution in [1.82, 2.24) is 0 Å².